The highest BCUT2D eigenvalue weighted by Gasteiger charge is 2.26. The number of nitrogens with zero attached hydrogens (tertiary/aromatic N) is 4. The van der Waals surface area contributed by atoms with Gasteiger partial charge in [-0.25, -0.2) is 22.2 Å². The molecule has 0 saturated carbocycles. The van der Waals surface area contributed by atoms with Crippen LogP contribution in [-0.2, 0) is 23.5 Å². The van der Waals surface area contributed by atoms with E-state index in [1.54, 1.807) is 13.1 Å². The van der Waals surface area contributed by atoms with Gasteiger partial charge in [0.05, 0.1) is 53.6 Å². The quantitative estimate of drug-likeness (QED) is 0.267. The van der Waals surface area contributed by atoms with Crippen LogP contribution in [0.1, 0.15) is 17.4 Å². The average Bonchev–Trinajstić information content (AvgIpc) is 3.22. The van der Waals surface area contributed by atoms with Gasteiger partial charge >= 0.3 is 0 Å². The van der Waals surface area contributed by atoms with Crippen LogP contribution in [0, 0.1) is 11.6 Å². The maximum absolute atomic E-state index is 14.3. The van der Waals surface area contributed by atoms with E-state index in [1.165, 1.54) is 41.7 Å². The second-order valence-electron chi connectivity index (χ2n) is 9.56. The van der Waals surface area contributed by atoms with E-state index in [4.69, 9.17) is 31.8 Å². The van der Waals surface area contributed by atoms with Gasteiger partial charge in [0.1, 0.15) is 34.3 Å². The maximum atomic E-state index is 14.3. The summed E-state index contributed by atoms with van der Waals surface area (Å²) in [4.78, 5) is 19.0. The number of ether oxygens (including phenoxy) is 2. The number of halogens is 3. The molecule has 3 N–H and O–H groups in total. The Balaban J connectivity index is 1.86. The molecule has 0 radical (unpaired) electrons. The topological polar surface area (TPSA) is 143 Å². The lowest BCUT2D eigenvalue weighted by molar-refractivity contribution is 0.397. The number of benzene rings is 3. The van der Waals surface area contributed by atoms with Crippen LogP contribution in [0.4, 0.5) is 14.6 Å². The van der Waals surface area contributed by atoms with Crippen molar-refractivity contribution in [2.75, 3.05) is 25.2 Å². The number of sulfonamides is 1. The maximum Gasteiger partial charge on any atom is 0.269 e. The molecule has 11 nitrogen and oxygen atoms in total. The molecule has 42 heavy (non-hydrogen) atoms. The molecule has 0 amide bonds. The average molecular weight is 619 g/mol. The number of hydrogen-bond acceptors (Lipinski definition) is 8. The SMILES string of the molecule is COc1cc(OC)c2c(=O)n(-c3ccc(Cl)c4c(NS(C)(=O)=O)nn(C)c34)c([C@@H](N)Cc3cc(F)cc(F)c3)nc2c1. The summed E-state index contributed by atoms with van der Waals surface area (Å²) in [5.74, 6) is -1.03. The summed E-state index contributed by atoms with van der Waals surface area (Å²) in [6.45, 7) is 0. The fourth-order valence-corrected chi connectivity index (χ4v) is 5.62. The van der Waals surface area contributed by atoms with Crippen LogP contribution < -0.4 is 25.5 Å². The molecule has 3 aromatic carbocycles. The minimum atomic E-state index is -3.74. The Labute approximate surface area is 243 Å². The molecule has 0 aliphatic heterocycles. The molecule has 0 aliphatic rings. The van der Waals surface area contributed by atoms with Crippen molar-refractivity contribution < 1.29 is 26.7 Å². The van der Waals surface area contributed by atoms with Crippen LogP contribution in [0.25, 0.3) is 27.5 Å². The number of nitrogens with one attached hydrogen (secondary N) is 1. The third-order valence-corrected chi connectivity index (χ3v) is 7.42. The Kier molecular flexibility index (Phi) is 7.55. The molecule has 0 bridgehead atoms. The molecule has 0 aliphatic carbocycles. The molecule has 1 atom stereocenters. The number of aryl methyl sites for hydroxylation is 1. The van der Waals surface area contributed by atoms with Crippen LogP contribution in [0.3, 0.4) is 0 Å². The summed E-state index contributed by atoms with van der Waals surface area (Å²) in [5, 5.41) is 4.77. The Bertz CT molecular complexity index is 2030. The molecule has 0 spiro atoms. The predicted octanol–water partition coefficient (Wildman–Crippen LogP) is 3.84. The van der Waals surface area contributed by atoms with Gasteiger partial charge in [0, 0.05) is 25.2 Å². The second-order valence-corrected chi connectivity index (χ2v) is 11.7. The minimum absolute atomic E-state index is 0.0370. The highest BCUT2D eigenvalue weighted by atomic mass is 35.5. The molecular formula is C27H25ClF2N6O5S. The summed E-state index contributed by atoms with van der Waals surface area (Å²) in [5.41, 5.74) is 6.97. The van der Waals surface area contributed by atoms with Crippen LogP contribution in [0.15, 0.2) is 47.3 Å². The van der Waals surface area contributed by atoms with Crippen LogP contribution in [-0.4, -0.2) is 48.2 Å². The van der Waals surface area contributed by atoms with E-state index in [-0.39, 0.29) is 61.9 Å². The summed E-state index contributed by atoms with van der Waals surface area (Å²) < 4.78 is 67.9. The van der Waals surface area contributed by atoms with Crippen molar-refractivity contribution in [1.29, 1.82) is 0 Å². The highest BCUT2D eigenvalue weighted by Crippen LogP contribution is 2.36. The van der Waals surface area contributed by atoms with Gasteiger partial charge in [-0.2, -0.15) is 5.10 Å². The van der Waals surface area contributed by atoms with Crippen molar-refractivity contribution in [2.45, 2.75) is 12.5 Å². The molecule has 5 rings (SSSR count). The lowest BCUT2D eigenvalue weighted by Crippen LogP contribution is -2.30. The Morgan fingerprint density at radius 2 is 1.76 bits per heavy atom. The summed E-state index contributed by atoms with van der Waals surface area (Å²) in [6.07, 6.45) is 0.882. The smallest absolute Gasteiger partial charge is 0.269 e. The third kappa shape index (κ3) is 5.35. The molecule has 2 aromatic heterocycles. The largest absolute Gasteiger partial charge is 0.497 e. The van der Waals surface area contributed by atoms with Crippen LogP contribution >= 0.6 is 11.6 Å². The van der Waals surface area contributed by atoms with E-state index >= 15 is 0 Å². The van der Waals surface area contributed by atoms with E-state index in [1.807, 2.05) is 0 Å². The van der Waals surface area contributed by atoms with Crippen molar-refractivity contribution in [3.63, 3.8) is 0 Å². The molecule has 15 heteroatoms. The third-order valence-electron chi connectivity index (χ3n) is 6.54. The van der Waals surface area contributed by atoms with E-state index in [9.17, 15) is 22.0 Å². The summed E-state index contributed by atoms with van der Waals surface area (Å²) in [6, 6.07) is 8.07. The van der Waals surface area contributed by atoms with Gasteiger partial charge in [0.2, 0.25) is 10.0 Å². The molecular weight excluding hydrogens is 594 g/mol. The Morgan fingerprint density at radius 1 is 1.07 bits per heavy atom. The first-order valence-electron chi connectivity index (χ1n) is 12.3. The molecule has 2 heterocycles. The standard InChI is InChI=1S/C27H25ClF2N6O5S/c1-35-24-20(6-5-17(28)22(24)25(33-35)34-42(4,38)39)36-26(18(31)9-13-7-14(29)10-15(30)8-13)32-19-11-16(40-2)12-21(41-3)23(19)27(36)37/h5-8,10-12,18H,9,31H2,1-4H3,(H,33,34)/t18-/m0/s1. The lowest BCUT2D eigenvalue weighted by atomic mass is 10.0. The Morgan fingerprint density at radius 3 is 2.38 bits per heavy atom. The minimum Gasteiger partial charge on any atom is -0.497 e. The number of hydrogen-bond donors (Lipinski definition) is 2. The monoisotopic (exact) mass is 618 g/mol. The number of aromatic nitrogens is 4. The lowest BCUT2D eigenvalue weighted by Gasteiger charge is -2.21. The molecule has 0 fully saturated rings. The van der Waals surface area contributed by atoms with Crippen LogP contribution in [0.5, 0.6) is 11.5 Å². The number of nitrogens with two attached hydrogens (primary N) is 1. The predicted molar refractivity (Wildman–Crippen MR) is 155 cm³/mol. The summed E-state index contributed by atoms with van der Waals surface area (Å²) >= 11 is 6.50. The first-order chi connectivity index (χ1) is 19.8. The molecule has 220 valence electrons. The zero-order valence-corrected chi connectivity index (χ0v) is 24.3. The van der Waals surface area contributed by atoms with E-state index in [0.717, 1.165) is 24.5 Å². The number of rotatable bonds is 8. The van der Waals surface area contributed by atoms with Crippen molar-refractivity contribution in [1.82, 2.24) is 19.3 Å². The van der Waals surface area contributed by atoms with Gasteiger partial charge in [0.15, 0.2) is 5.82 Å². The fourth-order valence-electron chi connectivity index (χ4n) is 4.89. The second kappa shape index (κ2) is 10.9. The number of methoxy groups -OCH3 is 2. The van der Waals surface area contributed by atoms with Gasteiger partial charge < -0.3 is 15.2 Å². The van der Waals surface area contributed by atoms with Crippen molar-refractivity contribution in [3.05, 3.63) is 80.9 Å². The van der Waals surface area contributed by atoms with Gasteiger partial charge in [0.25, 0.3) is 5.56 Å². The van der Waals surface area contributed by atoms with E-state index < -0.39 is 33.3 Å². The van der Waals surface area contributed by atoms with Gasteiger partial charge in [-0.05, 0) is 36.2 Å². The first kappa shape index (κ1) is 29.2. The number of anilines is 1. The molecule has 0 saturated heterocycles. The first-order valence-corrected chi connectivity index (χ1v) is 14.6. The van der Waals surface area contributed by atoms with Gasteiger partial charge in [-0.15, -0.1) is 0 Å². The van der Waals surface area contributed by atoms with E-state index in [2.05, 4.69) is 9.82 Å². The van der Waals surface area contributed by atoms with Gasteiger partial charge in [-0.3, -0.25) is 18.8 Å². The Hall–Kier alpha value is -4.27. The molecule has 0 unspecified atom stereocenters. The zero-order valence-electron chi connectivity index (χ0n) is 22.8. The highest BCUT2D eigenvalue weighted by molar-refractivity contribution is 7.92. The fraction of sp³-hybridized carbons (Fsp3) is 0.222. The van der Waals surface area contributed by atoms with Crippen LogP contribution in [0.2, 0.25) is 5.02 Å². The molecule has 5 aromatic rings. The summed E-state index contributed by atoms with van der Waals surface area (Å²) in [7, 11) is 0.647. The van der Waals surface area contributed by atoms with Crippen molar-refractivity contribution >= 4 is 49.2 Å². The zero-order chi connectivity index (χ0) is 30.5. The normalized spacial score (nSPS) is 12.6. The van der Waals surface area contributed by atoms with Gasteiger partial charge in [-0.1, -0.05) is 11.6 Å². The van der Waals surface area contributed by atoms with Crippen molar-refractivity contribution in [3.8, 4) is 17.2 Å². The van der Waals surface area contributed by atoms with E-state index in [0.29, 0.717) is 5.75 Å². The number of fused-ring (bicyclic) bond motifs is 2. The van der Waals surface area contributed by atoms with Crippen molar-refractivity contribution in [2.24, 2.45) is 12.8 Å².